The number of nitrogens with zero attached hydrogens (tertiary/aromatic N) is 1. The van der Waals surface area contributed by atoms with E-state index in [2.05, 4.69) is 70.4 Å². The van der Waals surface area contributed by atoms with Crippen molar-refractivity contribution < 1.29 is 0 Å². The zero-order valence-corrected chi connectivity index (χ0v) is 12.2. The van der Waals surface area contributed by atoms with E-state index in [1.165, 1.54) is 0 Å². The average Bonchev–Trinajstić information content (AvgIpc) is 2.39. The van der Waals surface area contributed by atoms with Gasteiger partial charge in [0, 0.05) is 27.7 Å². The summed E-state index contributed by atoms with van der Waals surface area (Å²) in [5, 5.41) is 4.51. The molecule has 0 bridgehead atoms. The molecule has 2 aromatic rings. The van der Waals surface area contributed by atoms with Gasteiger partial charge in [-0.1, -0.05) is 47.1 Å². The summed E-state index contributed by atoms with van der Waals surface area (Å²) in [7, 11) is 0. The maximum absolute atomic E-state index is 4.46. The van der Waals surface area contributed by atoms with E-state index >= 15 is 0 Å². The first-order valence-electron chi connectivity index (χ1n) is 6.17. The Kier molecular flexibility index (Phi) is 4.50. The minimum atomic E-state index is 0.373. The molecule has 1 atom stereocenters. The van der Waals surface area contributed by atoms with Crippen LogP contribution >= 0.6 is 15.9 Å². The van der Waals surface area contributed by atoms with Crippen LogP contribution in [0.25, 0.3) is 17.0 Å². The smallest absolute Gasteiger partial charge is 0.0785 e. The van der Waals surface area contributed by atoms with Crippen molar-refractivity contribution in [1.82, 2.24) is 10.3 Å². The van der Waals surface area contributed by atoms with Gasteiger partial charge in [-0.3, -0.25) is 4.98 Å². The van der Waals surface area contributed by atoms with Crippen LogP contribution in [0.2, 0.25) is 0 Å². The maximum atomic E-state index is 4.46. The van der Waals surface area contributed by atoms with Gasteiger partial charge in [-0.15, -0.1) is 0 Å². The number of likely N-dealkylation sites (N-methyl/N-ethyl adjacent to an activating group) is 1. The lowest BCUT2D eigenvalue weighted by molar-refractivity contribution is 0.663. The maximum Gasteiger partial charge on any atom is 0.0785 e. The molecule has 0 aliphatic rings. The lowest BCUT2D eigenvalue weighted by atomic mass is 10.1. The molecule has 0 spiro atoms. The third-order valence-electron chi connectivity index (χ3n) is 2.84. The van der Waals surface area contributed by atoms with Crippen molar-refractivity contribution in [2.75, 3.05) is 6.54 Å². The molecule has 2 nitrogen and oxygen atoms in total. The highest BCUT2D eigenvalue weighted by molar-refractivity contribution is 9.10. The zero-order valence-electron chi connectivity index (χ0n) is 10.7. The molecule has 1 heterocycles. The second kappa shape index (κ2) is 6.12. The third-order valence-corrected chi connectivity index (χ3v) is 3.53. The number of aromatic nitrogens is 1. The Morgan fingerprint density at radius 2 is 2.22 bits per heavy atom. The molecule has 0 aliphatic carbocycles. The molecular formula is C15H17BrN2. The Hall–Kier alpha value is -1.19. The highest BCUT2D eigenvalue weighted by Gasteiger charge is 2.03. The lowest BCUT2D eigenvalue weighted by Crippen LogP contribution is -2.22. The molecule has 0 amide bonds. The highest BCUT2D eigenvalue weighted by atomic mass is 79.9. The van der Waals surface area contributed by atoms with Gasteiger partial charge in [-0.2, -0.15) is 0 Å². The van der Waals surface area contributed by atoms with Gasteiger partial charge < -0.3 is 5.32 Å². The summed E-state index contributed by atoms with van der Waals surface area (Å²) in [6, 6.07) is 8.58. The monoisotopic (exact) mass is 304 g/mol. The quantitative estimate of drug-likeness (QED) is 0.923. The summed E-state index contributed by atoms with van der Waals surface area (Å²) in [6.07, 6.45) is 6.13. The number of benzene rings is 1. The molecule has 1 N–H and O–H groups in total. The number of pyridine rings is 1. The largest absolute Gasteiger partial charge is 0.311 e. The van der Waals surface area contributed by atoms with Gasteiger partial charge in [0.15, 0.2) is 0 Å². The number of halogens is 1. The number of hydrogen-bond donors (Lipinski definition) is 1. The molecule has 3 heteroatoms. The third kappa shape index (κ3) is 2.98. The van der Waals surface area contributed by atoms with E-state index in [-0.39, 0.29) is 0 Å². The Labute approximate surface area is 116 Å². The Balaban J connectivity index is 2.37. The molecular weight excluding hydrogens is 288 g/mol. The van der Waals surface area contributed by atoms with E-state index in [1.807, 2.05) is 12.3 Å². The predicted molar refractivity (Wildman–Crippen MR) is 81.6 cm³/mol. The molecule has 0 radical (unpaired) electrons. The van der Waals surface area contributed by atoms with Crippen LogP contribution in [0.1, 0.15) is 19.4 Å². The van der Waals surface area contributed by atoms with Crippen LogP contribution in [0.15, 0.2) is 41.0 Å². The van der Waals surface area contributed by atoms with Crippen LogP contribution in [0.4, 0.5) is 0 Å². The molecule has 94 valence electrons. The van der Waals surface area contributed by atoms with Crippen LogP contribution in [0, 0.1) is 0 Å². The zero-order chi connectivity index (χ0) is 13.0. The Bertz CT molecular complexity index is 563. The topological polar surface area (TPSA) is 24.9 Å². The Morgan fingerprint density at radius 1 is 1.39 bits per heavy atom. The van der Waals surface area contributed by atoms with Gasteiger partial charge in [0.25, 0.3) is 0 Å². The normalized spacial score (nSPS) is 13.3. The molecule has 1 aromatic heterocycles. The molecule has 0 fully saturated rings. The van der Waals surface area contributed by atoms with Crippen molar-refractivity contribution in [1.29, 1.82) is 0 Å². The van der Waals surface area contributed by atoms with Crippen LogP contribution in [0.5, 0.6) is 0 Å². The van der Waals surface area contributed by atoms with E-state index in [1.54, 1.807) is 0 Å². The predicted octanol–water partition coefficient (Wildman–Crippen LogP) is 4.01. The Morgan fingerprint density at radius 3 is 3.00 bits per heavy atom. The second-order valence-electron chi connectivity index (χ2n) is 4.24. The van der Waals surface area contributed by atoms with E-state index < -0.39 is 0 Å². The number of fused-ring (bicyclic) bond motifs is 1. The summed E-state index contributed by atoms with van der Waals surface area (Å²) in [5.74, 6) is 0. The molecule has 1 aromatic carbocycles. The van der Waals surface area contributed by atoms with Crippen molar-refractivity contribution in [3.8, 4) is 0 Å². The fraction of sp³-hybridized carbons (Fsp3) is 0.267. The van der Waals surface area contributed by atoms with Gasteiger partial charge >= 0.3 is 0 Å². The lowest BCUT2D eigenvalue weighted by Gasteiger charge is -2.07. The summed E-state index contributed by atoms with van der Waals surface area (Å²) in [4.78, 5) is 4.46. The standard InChI is InChI=1S/C15H17BrN2/c1-3-17-11(2)6-7-12-8-9-14(16)13-5-4-10-18-15(12)13/h4-11,17H,3H2,1-2H3/b7-6+. The van der Waals surface area contributed by atoms with Crippen molar-refractivity contribution in [2.24, 2.45) is 0 Å². The van der Waals surface area contributed by atoms with Crippen molar-refractivity contribution >= 4 is 32.9 Å². The number of nitrogens with one attached hydrogen (secondary N) is 1. The molecule has 18 heavy (non-hydrogen) atoms. The van der Waals surface area contributed by atoms with Gasteiger partial charge in [0.1, 0.15) is 0 Å². The second-order valence-corrected chi connectivity index (χ2v) is 5.10. The first kappa shape index (κ1) is 13.2. The first-order chi connectivity index (χ1) is 8.72. The van der Waals surface area contributed by atoms with Gasteiger partial charge in [-0.25, -0.2) is 0 Å². The minimum absolute atomic E-state index is 0.373. The van der Waals surface area contributed by atoms with Crippen LogP contribution < -0.4 is 5.32 Å². The summed E-state index contributed by atoms with van der Waals surface area (Å²) in [5.41, 5.74) is 2.19. The van der Waals surface area contributed by atoms with E-state index in [0.717, 1.165) is 27.5 Å². The van der Waals surface area contributed by atoms with Crippen LogP contribution in [-0.2, 0) is 0 Å². The van der Waals surface area contributed by atoms with Crippen molar-refractivity contribution in [3.63, 3.8) is 0 Å². The average molecular weight is 305 g/mol. The molecule has 0 aliphatic heterocycles. The van der Waals surface area contributed by atoms with Crippen LogP contribution in [-0.4, -0.2) is 17.6 Å². The van der Waals surface area contributed by atoms with E-state index in [4.69, 9.17) is 0 Å². The van der Waals surface area contributed by atoms with Gasteiger partial charge in [-0.05, 0) is 25.6 Å². The van der Waals surface area contributed by atoms with Gasteiger partial charge in [0.05, 0.1) is 5.52 Å². The molecule has 2 rings (SSSR count). The fourth-order valence-corrected chi connectivity index (χ4v) is 2.38. The summed E-state index contributed by atoms with van der Waals surface area (Å²) >= 11 is 3.56. The summed E-state index contributed by atoms with van der Waals surface area (Å²) < 4.78 is 1.09. The van der Waals surface area contributed by atoms with Crippen molar-refractivity contribution in [2.45, 2.75) is 19.9 Å². The van der Waals surface area contributed by atoms with Gasteiger partial charge in [0.2, 0.25) is 0 Å². The SMILES string of the molecule is CCNC(C)/C=C/c1ccc(Br)c2cccnc12. The first-order valence-corrected chi connectivity index (χ1v) is 6.96. The fourth-order valence-electron chi connectivity index (χ4n) is 1.93. The van der Waals surface area contributed by atoms with Crippen LogP contribution in [0.3, 0.4) is 0 Å². The van der Waals surface area contributed by atoms with E-state index in [0.29, 0.717) is 6.04 Å². The minimum Gasteiger partial charge on any atom is -0.311 e. The molecule has 0 saturated carbocycles. The summed E-state index contributed by atoms with van der Waals surface area (Å²) in [6.45, 7) is 5.24. The molecule has 1 unspecified atom stereocenters. The number of hydrogen-bond acceptors (Lipinski definition) is 2. The van der Waals surface area contributed by atoms with Crippen molar-refractivity contribution in [3.05, 3.63) is 46.6 Å². The van der Waals surface area contributed by atoms with E-state index in [9.17, 15) is 0 Å². The number of rotatable bonds is 4. The molecule has 0 saturated heterocycles. The highest BCUT2D eigenvalue weighted by Crippen LogP contribution is 2.25.